The fourth-order valence-corrected chi connectivity index (χ4v) is 3.78. The number of sulfonamides is 1. The van der Waals surface area contributed by atoms with Crippen molar-refractivity contribution in [2.75, 3.05) is 0 Å². The van der Waals surface area contributed by atoms with E-state index in [1.54, 1.807) is 12.1 Å². The molecule has 0 aliphatic heterocycles. The summed E-state index contributed by atoms with van der Waals surface area (Å²) < 4.78 is 48.0. The second-order valence-corrected chi connectivity index (χ2v) is 8.16. The summed E-state index contributed by atoms with van der Waals surface area (Å²) in [7, 11) is -8.03. The van der Waals surface area contributed by atoms with Crippen LogP contribution in [0.25, 0.3) is 10.4 Å². The zero-order chi connectivity index (χ0) is 17.3. The number of nitrogens with two attached hydrogens (primary N) is 1. The molecule has 0 fully saturated rings. The van der Waals surface area contributed by atoms with Gasteiger partial charge in [-0.25, -0.2) is 22.0 Å². The van der Waals surface area contributed by atoms with Crippen molar-refractivity contribution in [3.63, 3.8) is 0 Å². The van der Waals surface area contributed by atoms with Crippen LogP contribution in [0.1, 0.15) is 5.56 Å². The first-order chi connectivity index (χ1) is 10.7. The second kappa shape index (κ2) is 6.01. The molecule has 8 nitrogen and oxygen atoms in total. The molecule has 0 aliphatic carbocycles. The average Bonchev–Trinajstić information content (AvgIpc) is 2.47. The third-order valence-corrected chi connectivity index (χ3v) is 5.76. The highest BCUT2D eigenvalue weighted by molar-refractivity contribution is 7.91. The lowest BCUT2D eigenvalue weighted by molar-refractivity contribution is 0.593. The molecular formula is C13H12N4O4S2. The van der Waals surface area contributed by atoms with Crippen LogP contribution in [0.2, 0.25) is 0 Å². The van der Waals surface area contributed by atoms with Crippen LogP contribution in [0.4, 0.5) is 5.69 Å². The van der Waals surface area contributed by atoms with Gasteiger partial charge in [0.2, 0.25) is 19.9 Å². The highest BCUT2D eigenvalue weighted by atomic mass is 32.2. The monoisotopic (exact) mass is 352 g/mol. The third kappa shape index (κ3) is 3.51. The normalized spacial score (nSPS) is 11.7. The number of sulfone groups is 1. The first-order valence-electron chi connectivity index (χ1n) is 6.20. The smallest absolute Gasteiger partial charge is 0.225 e. The van der Waals surface area contributed by atoms with Crippen molar-refractivity contribution in [2.24, 2.45) is 10.3 Å². The number of nitrogens with zero attached hydrogens (tertiary/aromatic N) is 3. The predicted octanol–water partition coefficient (Wildman–Crippen LogP) is 2.42. The molecule has 23 heavy (non-hydrogen) atoms. The SMILES string of the molecule is Cc1ccc(S(=O)(=O)c2ccc(S(N)(=O)=O)cc2N=[N+]=[N-])cc1. The molecule has 0 aromatic heterocycles. The van der Waals surface area contributed by atoms with Gasteiger partial charge in [0.25, 0.3) is 0 Å². The molecule has 120 valence electrons. The standard InChI is InChI=1S/C13H12N4O4S2/c1-9-2-4-10(5-3-9)22(18,19)13-7-6-11(23(15,20)21)8-12(13)16-17-14/h2-8H,1H3,(H2,15,20,21). The summed E-state index contributed by atoms with van der Waals surface area (Å²) in [6.45, 7) is 1.81. The maximum absolute atomic E-state index is 12.6. The van der Waals surface area contributed by atoms with Gasteiger partial charge in [-0.15, -0.1) is 0 Å². The number of primary sulfonamides is 1. The lowest BCUT2D eigenvalue weighted by atomic mass is 10.2. The molecule has 0 spiro atoms. The van der Waals surface area contributed by atoms with Gasteiger partial charge in [-0.2, -0.15) is 0 Å². The van der Waals surface area contributed by atoms with Gasteiger partial charge in [-0.1, -0.05) is 22.8 Å². The Labute approximate surface area is 133 Å². The molecule has 2 aromatic carbocycles. The van der Waals surface area contributed by atoms with E-state index in [2.05, 4.69) is 10.0 Å². The highest BCUT2D eigenvalue weighted by Crippen LogP contribution is 2.32. The van der Waals surface area contributed by atoms with Crippen LogP contribution in [0.5, 0.6) is 0 Å². The van der Waals surface area contributed by atoms with Gasteiger partial charge in [-0.05, 0) is 42.8 Å². The first kappa shape index (κ1) is 17.0. The van der Waals surface area contributed by atoms with Gasteiger partial charge < -0.3 is 0 Å². The van der Waals surface area contributed by atoms with Gasteiger partial charge in [-0.3, -0.25) is 0 Å². The molecule has 0 heterocycles. The van der Waals surface area contributed by atoms with Crippen molar-refractivity contribution in [1.82, 2.24) is 0 Å². The summed E-state index contributed by atoms with van der Waals surface area (Å²) in [5, 5.41) is 8.27. The van der Waals surface area contributed by atoms with Crippen LogP contribution in [0.15, 0.2) is 62.3 Å². The molecule has 2 N–H and O–H groups in total. The fourth-order valence-electron chi connectivity index (χ4n) is 1.87. The van der Waals surface area contributed by atoms with E-state index < -0.39 is 19.9 Å². The summed E-state index contributed by atoms with van der Waals surface area (Å²) in [4.78, 5) is 1.89. The minimum Gasteiger partial charge on any atom is -0.225 e. The lowest BCUT2D eigenvalue weighted by Gasteiger charge is -2.09. The van der Waals surface area contributed by atoms with E-state index in [0.29, 0.717) is 0 Å². The van der Waals surface area contributed by atoms with Crippen LogP contribution in [0.3, 0.4) is 0 Å². The Kier molecular flexibility index (Phi) is 4.44. The second-order valence-electron chi connectivity index (χ2n) is 4.68. The molecule has 0 unspecified atom stereocenters. The molecule has 0 radical (unpaired) electrons. The van der Waals surface area contributed by atoms with E-state index in [4.69, 9.17) is 10.7 Å². The van der Waals surface area contributed by atoms with Crippen LogP contribution in [0, 0.1) is 6.92 Å². The van der Waals surface area contributed by atoms with E-state index in [1.165, 1.54) is 12.1 Å². The lowest BCUT2D eigenvalue weighted by Crippen LogP contribution is -2.12. The topological polar surface area (TPSA) is 143 Å². The fraction of sp³-hybridized carbons (Fsp3) is 0.0769. The third-order valence-electron chi connectivity index (χ3n) is 3.03. The molecule has 0 saturated carbocycles. The number of hydrogen-bond acceptors (Lipinski definition) is 5. The molecule has 0 bridgehead atoms. The summed E-state index contributed by atoms with van der Waals surface area (Å²) in [5.74, 6) is 0. The van der Waals surface area contributed by atoms with Crippen molar-refractivity contribution in [2.45, 2.75) is 21.6 Å². The van der Waals surface area contributed by atoms with E-state index in [9.17, 15) is 16.8 Å². The highest BCUT2D eigenvalue weighted by Gasteiger charge is 2.22. The molecule has 2 aromatic rings. The molecule has 0 aliphatic rings. The first-order valence-corrected chi connectivity index (χ1v) is 9.23. The molecular weight excluding hydrogens is 340 g/mol. The largest absolute Gasteiger partial charge is 0.238 e. The van der Waals surface area contributed by atoms with E-state index in [1.807, 2.05) is 6.92 Å². The maximum atomic E-state index is 12.6. The summed E-state index contributed by atoms with van der Waals surface area (Å²) in [6.07, 6.45) is 0. The van der Waals surface area contributed by atoms with Crippen LogP contribution >= 0.6 is 0 Å². The summed E-state index contributed by atoms with van der Waals surface area (Å²) in [6, 6.07) is 9.11. The number of hydrogen-bond donors (Lipinski definition) is 1. The summed E-state index contributed by atoms with van der Waals surface area (Å²) >= 11 is 0. The van der Waals surface area contributed by atoms with E-state index in [0.717, 1.165) is 23.8 Å². The Morgan fingerprint density at radius 3 is 2.09 bits per heavy atom. The Bertz CT molecular complexity index is 1010. The van der Waals surface area contributed by atoms with Gasteiger partial charge in [0.1, 0.15) is 0 Å². The van der Waals surface area contributed by atoms with E-state index >= 15 is 0 Å². The van der Waals surface area contributed by atoms with Crippen molar-refractivity contribution in [3.05, 3.63) is 58.5 Å². The minimum atomic E-state index is -4.05. The number of aryl methyl sites for hydroxylation is 1. The quantitative estimate of drug-likeness (QED) is 0.512. The Hall–Kier alpha value is -2.39. The van der Waals surface area contributed by atoms with Gasteiger partial charge in [0.15, 0.2) is 0 Å². The molecule has 0 saturated heterocycles. The average molecular weight is 352 g/mol. The predicted molar refractivity (Wildman–Crippen MR) is 83.3 cm³/mol. The van der Waals surface area contributed by atoms with Gasteiger partial charge >= 0.3 is 0 Å². The van der Waals surface area contributed by atoms with Crippen molar-refractivity contribution in [3.8, 4) is 0 Å². The van der Waals surface area contributed by atoms with Crippen LogP contribution in [-0.4, -0.2) is 16.8 Å². The van der Waals surface area contributed by atoms with Crippen LogP contribution < -0.4 is 5.14 Å². The zero-order valence-corrected chi connectivity index (χ0v) is 13.5. The molecule has 0 atom stereocenters. The Morgan fingerprint density at radius 1 is 1.00 bits per heavy atom. The molecule has 2 rings (SSSR count). The number of azide groups is 1. The van der Waals surface area contributed by atoms with Crippen molar-refractivity contribution >= 4 is 25.5 Å². The molecule has 0 amide bonds. The Balaban J connectivity index is 2.71. The maximum Gasteiger partial charge on any atom is 0.238 e. The van der Waals surface area contributed by atoms with Crippen LogP contribution in [-0.2, 0) is 19.9 Å². The van der Waals surface area contributed by atoms with Crippen molar-refractivity contribution in [1.29, 1.82) is 0 Å². The minimum absolute atomic E-state index is 0.000783. The van der Waals surface area contributed by atoms with Gasteiger partial charge in [0.05, 0.1) is 20.4 Å². The summed E-state index contributed by atoms with van der Waals surface area (Å²) in [5.41, 5.74) is 9.14. The Morgan fingerprint density at radius 2 is 1.57 bits per heavy atom. The van der Waals surface area contributed by atoms with E-state index in [-0.39, 0.29) is 20.4 Å². The number of benzene rings is 2. The van der Waals surface area contributed by atoms with Gasteiger partial charge in [0, 0.05) is 4.91 Å². The zero-order valence-electron chi connectivity index (χ0n) is 11.9. The number of rotatable bonds is 4. The molecule has 10 heteroatoms. The van der Waals surface area contributed by atoms with Crippen molar-refractivity contribution < 1.29 is 16.8 Å².